The largest absolute Gasteiger partial charge is 0.496 e. The number of alkyl halides is 1. The molecule has 0 spiro atoms. The molecule has 0 bridgehead atoms. The predicted octanol–water partition coefficient (Wildman–Crippen LogP) is 2.34. The number of amides is 3. The lowest BCUT2D eigenvalue weighted by Crippen LogP contribution is -2.44. The molecule has 2 aromatic rings. The highest BCUT2D eigenvalue weighted by molar-refractivity contribution is 6.27. The van der Waals surface area contributed by atoms with Crippen molar-refractivity contribution in [3.05, 3.63) is 30.0 Å². The van der Waals surface area contributed by atoms with Crippen LogP contribution in [0.4, 0.5) is 0 Å². The number of halogens is 1. The van der Waals surface area contributed by atoms with E-state index in [-0.39, 0.29) is 43.1 Å². The molecule has 1 atom stereocenters. The number of H-pyrrole nitrogens is 1. The van der Waals surface area contributed by atoms with Gasteiger partial charge in [0.2, 0.25) is 11.8 Å². The fraction of sp³-hybridized carbons (Fsp3) is 0.500. The van der Waals surface area contributed by atoms with Crippen LogP contribution in [0.1, 0.15) is 37.7 Å². The van der Waals surface area contributed by atoms with Gasteiger partial charge in [-0.3, -0.25) is 19.2 Å². The molecule has 3 rings (SSSR count). The van der Waals surface area contributed by atoms with Gasteiger partial charge in [-0.1, -0.05) is 26.8 Å². The number of Topliss-reactive ketones (excluding diaryl/α,β-unsaturated/α-hetero) is 1. The molecule has 0 aliphatic carbocycles. The first kappa shape index (κ1) is 27.2. The van der Waals surface area contributed by atoms with E-state index in [2.05, 4.69) is 36.4 Å². The quantitative estimate of drug-likeness (QED) is 0.464. The number of carbonyl (C=O) groups excluding carboxylic acids is 4. The Hall–Kier alpha value is -3.07. The monoisotopic (exact) mass is 492 g/mol. The summed E-state index contributed by atoms with van der Waals surface area (Å²) in [6.07, 6.45) is 0.597. The Labute approximate surface area is 204 Å². The number of ether oxygens (including phenoxy) is 1. The molecule has 3 N–H and O–H groups in total. The molecule has 1 aromatic heterocycles. The van der Waals surface area contributed by atoms with Crippen LogP contribution >= 0.6 is 11.6 Å². The van der Waals surface area contributed by atoms with Gasteiger partial charge in [0.1, 0.15) is 17.3 Å². The first-order valence-electron chi connectivity index (χ1n) is 11.2. The second kappa shape index (κ2) is 13.0. The van der Waals surface area contributed by atoms with Crippen LogP contribution in [-0.4, -0.2) is 72.6 Å². The second-order valence-electron chi connectivity index (χ2n) is 8.74. The number of methoxy groups -OCH3 is 1. The molecule has 1 aliphatic rings. The number of fused-ring (bicyclic) bond motifs is 1. The fourth-order valence-electron chi connectivity index (χ4n) is 3.39. The van der Waals surface area contributed by atoms with E-state index in [1.165, 1.54) is 4.90 Å². The molecule has 1 aliphatic heterocycles. The van der Waals surface area contributed by atoms with Gasteiger partial charge in [0.25, 0.3) is 5.91 Å². The average Bonchev–Trinajstić information content (AvgIpc) is 3.42. The molecular formula is C24H33ClN4O5. The van der Waals surface area contributed by atoms with Gasteiger partial charge in [-0.05, 0) is 30.5 Å². The summed E-state index contributed by atoms with van der Waals surface area (Å²) >= 11 is 5.64. The summed E-state index contributed by atoms with van der Waals surface area (Å²) in [5.41, 5.74) is 1.03. The van der Waals surface area contributed by atoms with E-state index in [0.29, 0.717) is 24.4 Å². The summed E-state index contributed by atoms with van der Waals surface area (Å²) in [5, 5.41) is 6.00. The highest BCUT2D eigenvalue weighted by Crippen LogP contribution is 2.25. The Kier molecular flexibility index (Phi) is 10.4. The number of carbonyl (C=O) groups is 4. The van der Waals surface area contributed by atoms with E-state index in [4.69, 9.17) is 16.3 Å². The average molecular weight is 493 g/mol. The van der Waals surface area contributed by atoms with Crippen molar-refractivity contribution in [2.45, 2.75) is 27.2 Å². The Morgan fingerprint density at radius 2 is 1.97 bits per heavy atom. The van der Waals surface area contributed by atoms with Crippen molar-refractivity contribution in [2.24, 2.45) is 11.8 Å². The van der Waals surface area contributed by atoms with Crippen molar-refractivity contribution in [1.82, 2.24) is 20.5 Å². The lowest BCUT2D eigenvalue weighted by atomic mass is 10.1. The Morgan fingerprint density at radius 3 is 2.56 bits per heavy atom. The molecule has 34 heavy (non-hydrogen) atoms. The van der Waals surface area contributed by atoms with Crippen LogP contribution < -0.4 is 15.4 Å². The summed E-state index contributed by atoms with van der Waals surface area (Å²) in [4.78, 5) is 52.9. The second-order valence-corrected chi connectivity index (χ2v) is 9.01. The fourth-order valence-corrected chi connectivity index (χ4v) is 3.56. The van der Waals surface area contributed by atoms with E-state index in [9.17, 15) is 19.2 Å². The van der Waals surface area contributed by atoms with E-state index < -0.39 is 11.8 Å². The number of rotatable bonds is 9. The van der Waals surface area contributed by atoms with Crippen molar-refractivity contribution in [3.8, 4) is 5.75 Å². The number of nitrogens with zero attached hydrogens (tertiary/aromatic N) is 1. The van der Waals surface area contributed by atoms with E-state index in [1.807, 2.05) is 6.07 Å². The van der Waals surface area contributed by atoms with Gasteiger partial charge in [0.05, 0.1) is 26.1 Å². The molecule has 1 fully saturated rings. The number of benzene rings is 1. The summed E-state index contributed by atoms with van der Waals surface area (Å²) in [6.45, 7) is 6.69. The molecule has 3 amide bonds. The van der Waals surface area contributed by atoms with Crippen molar-refractivity contribution >= 4 is 46.0 Å². The third-order valence-electron chi connectivity index (χ3n) is 4.97. The van der Waals surface area contributed by atoms with Crippen molar-refractivity contribution < 1.29 is 23.9 Å². The van der Waals surface area contributed by atoms with Crippen LogP contribution in [0.25, 0.3) is 10.9 Å². The van der Waals surface area contributed by atoms with E-state index >= 15 is 0 Å². The van der Waals surface area contributed by atoms with Gasteiger partial charge >= 0.3 is 0 Å². The third kappa shape index (κ3) is 7.76. The van der Waals surface area contributed by atoms with Gasteiger partial charge in [-0.15, -0.1) is 11.6 Å². The molecular weight excluding hydrogens is 460 g/mol. The SMILES string of the molecule is CC(C)C.COc1cccc2[nH]c(C(=O)NCC(=O)CN(CC3CCNC3=O)C(=O)CCl)cc12. The predicted molar refractivity (Wildman–Crippen MR) is 131 cm³/mol. The molecule has 2 heterocycles. The minimum absolute atomic E-state index is 0.124. The van der Waals surface area contributed by atoms with Crippen molar-refractivity contribution in [3.63, 3.8) is 0 Å². The Morgan fingerprint density at radius 1 is 1.26 bits per heavy atom. The lowest BCUT2D eigenvalue weighted by molar-refractivity contribution is -0.134. The maximum atomic E-state index is 12.4. The number of aromatic amines is 1. The molecule has 0 saturated carbocycles. The highest BCUT2D eigenvalue weighted by atomic mass is 35.5. The topological polar surface area (TPSA) is 121 Å². The summed E-state index contributed by atoms with van der Waals surface area (Å²) in [7, 11) is 1.54. The van der Waals surface area contributed by atoms with Crippen molar-refractivity contribution in [1.29, 1.82) is 0 Å². The van der Waals surface area contributed by atoms with Crippen LogP contribution in [0, 0.1) is 11.8 Å². The van der Waals surface area contributed by atoms with Gasteiger partial charge in [-0.2, -0.15) is 0 Å². The Bertz CT molecular complexity index is 1020. The number of ketones is 1. The standard InChI is InChI=1S/C20H23ClN4O5.C4H10/c1-30-17-4-2-3-15-14(17)7-16(24-15)20(29)23-9-13(26)11-25(18(27)8-21)10-12-5-6-22-19(12)28;1-4(2)3/h2-4,7,12,24H,5-6,8-11H2,1H3,(H,22,28)(H,23,29);4H,1-3H3. The zero-order chi connectivity index (χ0) is 25.3. The first-order chi connectivity index (χ1) is 16.2. The molecule has 1 unspecified atom stereocenters. The van der Waals surface area contributed by atoms with E-state index in [0.717, 1.165) is 16.8 Å². The summed E-state index contributed by atoms with van der Waals surface area (Å²) in [6, 6.07) is 7.05. The van der Waals surface area contributed by atoms with Crippen LogP contribution in [0.3, 0.4) is 0 Å². The summed E-state index contributed by atoms with van der Waals surface area (Å²) < 4.78 is 5.28. The number of hydrogen-bond donors (Lipinski definition) is 3. The minimum atomic E-state index is -0.452. The molecule has 0 radical (unpaired) electrons. The lowest BCUT2D eigenvalue weighted by Gasteiger charge is -2.23. The zero-order valence-electron chi connectivity index (χ0n) is 20.1. The van der Waals surface area contributed by atoms with Gasteiger partial charge in [0.15, 0.2) is 5.78 Å². The number of hydrogen-bond acceptors (Lipinski definition) is 5. The van der Waals surface area contributed by atoms with Crippen LogP contribution in [0.2, 0.25) is 0 Å². The van der Waals surface area contributed by atoms with Crippen LogP contribution in [-0.2, 0) is 14.4 Å². The maximum Gasteiger partial charge on any atom is 0.268 e. The Balaban J connectivity index is 0.000000945. The minimum Gasteiger partial charge on any atom is -0.496 e. The summed E-state index contributed by atoms with van der Waals surface area (Å²) in [5.74, 6) is -0.576. The van der Waals surface area contributed by atoms with Crippen molar-refractivity contribution in [2.75, 3.05) is 39.2 Å². The van der Waals surface area contributed by atoms with Crippen LogP contribution in [0.5, 0.6) is 5.75 Å². The normalized spacial score (nSPS) is 14.9. The van der Waals surface area contributed by atoms with Gasteiger partial charge in [0, 0.05) is 24.0 Å². The molecule has 1 saturated heterocycles. The smallest absolute Gasteiger partial charge is 0.268 e. The first-order valence-corrected chi connectivity index (χ1v) is 11.8. The van der Waals surface area contributed by atoms with E-state index in [1.54, 1.807) is 25.3 Å². The third-order valence-corrected chi connectivity index (χ3v) is 5.20. The molecule has 186 valence electrons. The number of aromatic nitrogens is 1. The van der Waals surface area contributed by atoms with Gasteiger partial charge < -0.3 is 25.3 Å². The van der Waals surface area contributed by atoms with Gasteiger partial charge in [-0.25, -0.2) is 0 Å². The maximum absolute atomic E-state index is 12.4. The molecule has 10 heteroatoms. The molecule has 1 aromatic carbocycles. The van der Waals surface area contributed by atoms with Crippen LogP contribution in [0.15, 0.2) is 24.3 Å². The highest BCUT2D eigenvalue weighted by Gasteiger charge is 2.29. The molecule has 9 nitrogen and oxygen atoms in total. The number of nitrogens with one attached hydrogen (secondary N) is 3. The zero-order valence-corrected chi connectivity index (χ0v) is 20.8.